The van der Waals surface area contributed by atoms with Crippen LogP contribution < -0.4 is 10.6 Å². The standard InChI is InChI=1S/C13H19Cl2N5O/c1-13(2,12(16)18-21)20-5-3-19(4-6-20)11-10(15)7-9(14)8-17-11/h7-8,21H,3-6H2,1-2H3,(H2,16,18). The van der Waals surface area contributed by atoms with E-state index >= 15 is 0 Å². The average molecular weight is 332 g/mol. The van der Waals surface area contributed by atoms with Crippen LogP contribution in [-0.2, 0) is 0 Å². The van der Waals surface area contributed by atoms with E-state index in [9.17, 15) is 0 Å². The van der Waals surface area contributed by atoms with Gasteiger partial charge in [-0.1, -0.05) is 28.4 Å². The third-order valence-corrected chi connectivity index (χ3v) is 4.38. The molecule has 0 bridgehead atoms. The summed E-state index contributed by atoms with van der Waals surface area (Å²) in [6.45, 7) is 6.93. The van der Waals surface area contributed by atoms with E-state index in [0.29, 0.717) is 10.0 Å². The lowest BCUT2D eigenvalue weighted by Crippen LogP contribution is -2.60. The molecule has 6 nitrogen and oxygen atoms in total. The second kappa shape index (κ2) is 6.25. The number of halogens is 2. The van der Waals surface area contributed by atoms with Gasteiger partial charge in [0.25, 0.3) is 0 Å². The van der Waals surface area contributed by atoms with Gasteiger partial charge >= 0.3 is 0 Å². The smallest absolute Gasteiger partial charge is 0.159 e. The minimum Gasteiger partial charge on any atom is -0.409 e. The molecule has 1 aromatic heterocycles. The molecule has 116 valence electrons. The zero-order valence-corrected chi connectivity index (χ0v) is 13.6. The Bertz CT molecular complexity index is 541. The SMILES string of the molecule is CC(C)(C(N)=NO)N1CCN(c2ncc(Cl)cc2Cl)CC1. The van der Waals surface area contributed by atoms with E-state index in [1.165, 1.54) is 0 Å². The second-order valence-electron chi connectivity index (χ2n) is 5.48. The molecule has 1 fully saturated rings. The van der Waals surface area contributed by atoms with Crippen molar-refractivity contribution < 1.29 is 5.21 Å². The summed E-state index contributed by atoms with van der Waals surface area (Å²) in [5, 5.41) is 13.1. The normalized spacial score (nSPS) is 18.1. The summed E-state index contributed by atoms with van der Waals surface area (Å²) in [7, 11) is 0. The van der Waals surface area contributed by atoms with Gasteiger partial charge in [0, 0.05) is 32.4 Å². The van der Waals surface area contributed by atoms with Crippen LogP contribution in [0.15, 0.2) is 17.4 Å². The maximum Gasteiger partial charge on any atom is 0.159 e. The first-order valence-electron chi connectivity index (χ1n) is 6.65. The van der Waals surface area contributed by atoms with Crippen LogP contribution in [0, 0.1) is 0 Å². The molecule has 0 aliphatic carbocycles. The molecule has 8 heteroatoms. The molecule has 2 rings (SSSR count). The molecule has 2 heterocycles. The quantitative estimate of drug-likeness (QED) is 0.383. The molecule has 0 saturated carbocycles. The number of anilines is 1. The molecule has 1 saturated heterocycles. The number of pyridine rings is 1. The Morgan fingerprint density at radius 1 is 1.33 bits per heavy atom. The van der Waals surface area contributed by atoms with Gasteiger partial charge in [-0.15, -0.1) is 0 Å². The van der Waals surface area contributed by atoms with Crippen LogP contribution in [0.1, 0.15) is 13.8 Å². The lowest BCUT2D eigenvalue weighted by atomic mass is 10.0. The van der Waals surface area contributed by atoms with Crippen molar-refractivity contribution in [3.05, 3.63) is 22.3 Å². The fourth-order valence-corrected chi connectivity index (χ4v) is 2.90. The summed E-state index contributed by atoms with van der Waals surface area (Å²) < 4.78 is 0. The average Bonchev–Trinajstić information content (AvgIpc) is 2.46. The number of nitrogens with two attached hydrogens (primary N) is 1. The number of hydrogen-bond acceptors (Lipinski definition) is 5. The van der Waals surface area contributed by atoms with Crippen LogP contribution in [0.5, 0.6) is 0 Å². The largest absolute Gasteiger partial charge is 0.409 e. The van der Waals surface area contributed by atoms with Crippen LogP contribution >= 0.6 is 23.2 Å². The molecule has 1 aliphatic heterocycles. The van der Waals surface area contributed by atoms with Crippen LogP contribution in [0.4, 0.5) is 5.82 Å². The van der Waals surface area contributed by atoms with Gasteiger partial charge in [-0.05, 0) is 19.9 Å². The summed E-state index contributed by atoms with van der Waals surface area (Å²) in [5.41, 5.74) is 5.28. The van der Waals surface area contributed by atoms with E-state index in [1.807, 2.05) is 13.8 Å². The number of amidine groups is 1. The Morgan fingerprint density at radius 2 is 1.95 bits per heavy atom. The Labute approximate surface area is 134 Å². The summed E-state index contributed by atoms with van der Waals surface area (Å²) >= 11 is 12.1. The summed E-state index contributed by atoms with van der Waals surface area (Å²) in [5.74, 6) is 0.945. The first-order valence-corrected chi connectivity index (χ1v) is 7.41. The van der Waals surface area contributed by atoms with Gasteiger partial charge in [0.05, 0.1) is 15.6 Å². The predicted octanol–water partition coefficient (Wildman–Crippen LogP) is 2.04. The molecule has 1 aromatic rings. The summed E-state index contributed by atoms with van der Waals surface area (Å²) in [6, 6.07) is 1.69. The van der Waals surface area contributed by atoms with Crippen molar-refractivity contribution in [2.24, 2.45) is 10.9 Å². The van der Waals surface area contributed by atoms with E-state index in [4.69, 9.17) is 34.1 Å². The maximum atomic E-state index is 8.88. The van der Waals surface area contributed by atoms with Gasteiger partial charge in [0.1, 0.15) is 5.82 Å². The van der Waals surface area contributed by atoms with Crippen LogP contribution in [0.3, 0.4) is 0 Å². The topological polar surface area (TPSA) is 78.0 Å². The first-order chi connectivity index (χ1) is 9.86. The molecule has 0 unspecified atom stereocenters. The zero-order valence-electron chi connectivity index (χ0n) is 12.1. The van der Waals surface area contributed by atoms with Gasteiger partial charge in [-0.3, -0.25) is 4.90 Å². The van der Waals surface area contributed by atoms with Gasteiger partial charge in [-0.2, -0.15) is 0 Å². The van der Waals surface area contributed by atoms with Crippen molar-refractivity contribution in [1.29, 1.82) is 0 Å². The Morgan fingerprint density at radius 3 is 2.48 bits per heavy atom. The van der Waals surface area contributed by atoms with Crippen molar-refractivity contribution in [1.82, 2.24) is 9.88 Å². The van der Waals surface area contributed by atoms with Crippen molar-refractivity contribution in [3.63, 3.8) is 0 Å². The maximum absolute atomic E-state index is 8.88. The number of aromatic nitrogens is 1. The minimum atomic E-state index is -0.488. The first kappa shape index (κ1) is 16.1. The zero-order chi connectivity index (χ0) is 15.6. The fourth-order valence-electron chi connectivity index (χ4n) is 2.40. The highest BCUT2D eigenvalue weighted by atomic mass is 35.5. The van der Waals surface area contributed by atoms with E-state index < -0.39 is 5.54 Å². The number of nitrogens with zero attached hydrogens (tertiary/aromatic N) is 4. The number of oxime groups is 1. The number of rotatable bonds is 3. The van der Waals surface area contributed by atoms with E-state index in [0.717, 1.165) is 32.0 Å². The Hall–Kier alpha value is -1.24. The highest BCUT2D eigenvalue weighted by molar-refractivity contribution is 6.36. The Balaban J connectivity index is 2.07. The third kappa shape index (κ3) is 3.33. The molecule has 0 amide bonds. The molecule has 0 radical (unpaired) electrons. The van der Waals surface area contributed by atoms with E-state index in [1.54, 1.807) is 12.3 Å². The van der Waals surface area contributed by atoms with E-state index in [2.05, 4.69) is 19.9 Å². The number of piperazine rings is 1. The predicted molar refractivity (Wildman–Crippen MR) is 85.5 cm³/mol. The molecule has 1 aliphatic rings. The fraction of sp³-hybridized carbons (Fsp3) is 0.538. The highest BCUT2D eigenvalue weighted by Crippen LogP contribution is 2.28. The minimum absolute atomic E-state index is 0.207. The number of hydrogen-bond donors (Lipinski definition) is 2. The summed E-state index contributed by atoms with van der Waals surface area (Å²) in [6.07, 6.45) is 1.59. The lowest BCUT2D eigenvalue weighted by molar-refractivity contribution is 0.161. The van der Waals surface area contributed by atoms with Crippen molar-refractivity contribution in [3.8, 4) is 0 Å². The molecule has 21 heavy (non-hydrogen) atoms. The molecular weight excluding hydrogens is 313 g/mol. The van der Waals surface area contributed by atoms with Crippen molar-refractivity contribution in [2.45, 2.75) is 19.4 Å². The van der Waals surface area contributed by atoms with Crippen molar-refractivity contribution in [2.75, 3.05) is 31.1 Å². The van der Waals surface area contributed by atoms with E-state index in [-0.39, 0.29) is 5.84 Å². The lowest BCUT2D eigenvalue weighted by Gasteiger charge is -2.43. The van der Waals surface area contributed by atoms with Gasteiger partial charge in [0.2, 0.25) is 0 Å². The third-order valence-electron chi connectivity index (χ3n) is 3.89. The second-order valence-corrected chi connectivity index (χ2v) is 6.32. The van der Waals surface area contributed by atoms with Crippen LogP contribution in [0.25, 0.3) is 0 Å². The Kier molecular flexibility index (Phi) is 4.81. The highest BCUT2D eigenvalue weighted by Gasteiger charge is 2.34. The van der Waals surface area contributed by atoms with Crippen molar-refractivity contribution >= 4 is 34.9 Å². The molecule has 0 atom stereocenters. The monoisotopic (exact) mass is 331 g/mol. The molecular formula is C13H19Cl2N5O. The van der Waals surface area contributed by atoms with Gasteiger partial charge in [-0.25, -0.2) is 4.98 Å². The van der Waals surface area contributed by atoms with Crippen LogP contribution in [0.2, 0.25) is 10.0 Å². The van der Waals surface area contributed by atoms with Gasteiger partial charge < -0.3 is 15.8 Å². The summed E-state index contributed by atoms with van der Waals surface area (Å²) in [4.78, 5) is 8.57. The van der Waals surface area contributed by atoms with Gasteiger partial charge in [0.15, 0.2) is 5.84 Å². The molecule has 3 N–H and O–H groups in total. The van der Waals surface area contributed by atoms with Crippen LogP contribution in [-0.4, -0.2) is 52.6 Å². The molecule has 0 aromatic carbocycles. The molecule has 0 spiro atoms.